The van der Waals surface area contributed by atoms with E-state index in [1.165, 1.54) is 6.92 Å². The van der Waals surface area contributed by atoms with Crippen LogP contribution in [0.1, 0.15) is 60.5 Å². The highest BCUT2D eigenvalue weighted by molar-refractivity contribution is 5.91. The molecule has 0 aliphatic heterocycles. The predicted molar refractivity (Wildman–Crippen MR) is 143 cm³/mol. The minimum Gasteiger partial charge on any atom is -0.392 e. The number of aromatic nitrogens is 6. The standard InChI is InChI=1S/C28H28N6O6/c1-5-8-21-29-23(28(3,4)37)22(25(35)39-26-16(2)38-27(36)40-26)34(21)15-17-11-13-18(14-12-17)19-9-6-7-10-20(19)24-30-32-33-31-24/h6-7,9-14,37H,5,8,15H2,1-4H3,(H,30,31,32,33). The smallest absolute Gasteiger partial charge is 0.392 e. The third kappa shape index (κ3) is 5.34. The summed E-state index contributed by atoms with van der Waals surface area (Å²) in [6.07, 6.45) is 1.32. The van der Waals surface area contributed by atoms with E-state index in [0.29, 0.717) is 18.1 Å². The Hall–Kier alpha value is -4.84. The Bertz CT molecular complexity index is 1690. The monoisotopic (exact) mass is 544 g/mol. The summed E-state index contributed by atoms with van der Waals surface area (Å²) in [5, 5.41) is 25.1. The summed E-state index contributed by atoms with van der Waals surface area (Å²) in [7, 11) is 0. The van der Waals surface area contributed by atoms with Crippen molar-refractivity contribution in [1.29, 1.82) is 0 Å². The molecule has 0 aliphatic rings. The molecule has 0 unspecified atom stereocenters. The number of ether oxygens (including phenoxy) is 1. The number of benzene rings is 2. The van der Waals surface area contributed by atoms with Crippen LogP contribution in [0.4, 0.5) is 0 Å². The first-order valence-electron chi connectivity index (χ1n) is 12.7. The van der Waals surface area contributed by atoms with Gasteiger partial charge in [0.15, 0.2) is 17.3 Å². The number of aliphatic hydroxyl groups is 1. The maximum atomic E-state index is 13.4. The van der Waals surface area contributed by atoms with Crippen LogP contribution in [0, 0.1) is 6.92 Å². The molecule has 3 heterocycles. The third-order valence-electron chi connectivity index (χ3n) is 6.31. The maximum absolute atomic E-state index is 13.4. The van der Waals surface area contributed by atoms with Crippen LogP contribution in [-0.2, 0) is 18.6 Å². The van der Waals surface area contributed by atoms with Crippen LogP contribution in [0.15, 0.2) is 62.2 Å². The van der Waals surface area contributed by atoms with Crippen molar-refractivity contribution in [2.24, 2.45) is 0 Å². The predicted octanol–water partition coefficient (Wildman–Crippen LogP) is 4.03. The lowest BCUT2D eigenvalue weighted by molar-refractivity contribution is 0.0599. The van der Waals surface area contributed by atoms with Crippen LogP contribution in [0.5, 0.6) is 5.95 Å². The number of H-pyrrole nitrogens is 1. The van der Waals surface area contributed by atoms with E-state index in [1.807, 2.05) is 55.5 Å². The van der Waals surface area contributed by atoms with Gasteiger partial charge in [-0.25, -0.2) is 19.7 Å². The Morgan fingerprint density at radius 1 is 1.10 bits per heavy atom. The van der Waals surface area contributed by atoms with Gasteiger partial charge in [0.25, 0.3) is 0 Å². The molecule has 0 radical (unpaired) electrons. The van der Waals surface area contributed by atoms with E-state index in [2.05, 4.69) is 25.6 Å². The number of nitrogens with zero attached hydrogens (tertiary/aromatic N) is 5. The second-order valence-corrected chi connectivity index (χ2v) is 9.80. The first kappa shape index (κ1) is 26.8. The van der Waals surface area contributed by atoms with Crippen molar-refractivity contribution in [3.8, 4) is 28.5 Å². The number of hydrogen-bond donors (Lipinski definition) is 2. The largest absolute Gasteiger partial charge is 0.521 e. The molecular weight excluding hydrogens is 516 g/mol. The van der Waals surface area contributed by atoms with Crippen LogP contribution in [0.25, 0.3) is 22.5 Å². The molecular formula is C28H28N6O6. The quantitative estimate of drug-likeness (QED) is 0.259. The highest BCUT2D eigenvalue weighted by Crippen LogP contribution is 2.31. The van der Waals surface area contributed by atoms with Crippen molar-refractivity contribution in [3.63, 3.8) is 0 Å². The average Bonchev–Trinajstić information content (AvgIpc) is 3.65. The molecule has 0 saturated carbocycles. The molecule has 2 aromatic carbocycles. The van der Waals surface area contributed by atoms with Crippen LogP contribution in [0.2, 0.25) is 0 Å². The number of carbonyl (C=O) groups excluding carboxylic acids is 1. The zero-order valence-corrected chi connectivity index (χ0v) is 22.5. The maximum Gasteiger partial charge on any atom is 0.521 e. The first-order valence-corrected chi connectivity index (χ1v) is 12.7. The molecule has 0 spiro atoms. The van der Waals surface area contributed by atoms with Gasteiger partial charge in [-0.05, 0) is 47.4 Å². The topological polar surface area (TPSA) is 162 Å². The van der Waals surface area contributed by atoms with E-state index in [0.717, 1.165) is 28.7 Å². The molecule has 5 rings (SSSR count). The Morgan fingerprint density at radius 3 is 2.42 bits per heavy atom. The number of rotatable bonds is 9. The second kappa shape index (κ2) is 10.7. The lowest BCUT2D eigenvalue weighted by Crippen LogP contribution is -2.24. The fourth-order valence-corrected chi connectivity index (χ4v) is 4.46. The fourth-order valence-electron chi connectivity index (χ4n) is 4.46. The van der Waals surface area contributed by atoms with Crippen molar-refractivity contribution >= 4 is 5.97 Å². The number of esters is 1. The average molecular weight is 545 g/mol. The number of hydrogen-bond acceptors (Lipinski definition) is 10. The summed E-state index contributed by atoms with van der Waals surface area (Å²) in [5.74, 6) is -0.945. The van der Waals surface area contributed by atoms with Gasteiger partial charge in [-0.2, -0.15) is 0 Å². The van der Waals surface area contributed by atoms with Gasteiger partial charge in [-0.15, -0.1) is 5.10 Å². The van der Waals surface area contributed by atoms with E-state index in [1.54, 1.807) is 18.4 Å². The van der Waals surface area contributed by atoms with Gasteiger partial charge in [0.1, 0.15) is 17.1 Å². The SMILES string of the molecule is CCCc1nc(C(C)(C)O)c(C(=O)Oc2oc(=O)oc2C)n1Cc1ccc(-c2ccccc2-c2nnn[nH]2)cc1. The zero-order chi connectivity index (χ0) is 28.4. The Kier molecular flexibility index (Phi) is 7.18. The van der Waals surface area contributed by atoms with Gasteiger partial charge in [0.2, 0.25) is 0 Å². The van der Waals surface area contributed by atoms with E-state index in [9.17, 15) is 14.7 Å². The van der Waals surface area contributed by atoms with Crippen molar-refractivity contribution in [1.82, 2.24) is 30.2 Å². The minimum absolute atomic E-state index is 0.0278. The van der Waals surface area contributed by atoms with Gasteiger partial charge in [-0.3, -0.25) is 0 Å². The molecule has 0 amide bonds. The van der Waals surface area contributed by atoms with Crippen LogP contribution >= 0.6 is 0 Å². The molecule has 206 valence electrons. The molecule has 0 saturated heterocycles. The lowest BCUT2D eigenvalue weighted by atomic mass is 9.98. The summed E-state index contributed by atoms with van der Waals surface area (Å²) in [6.45, 7) is 6.83. The summed E-state index contributed by atoms with van der Waals surface area (Å²) in [4.78, 5) is 29.6. The summed E-state index contributed by atoms with van der Waals surface area (Å²) in [6, 6.07) is 15.7. The van der Waals surface area contributed by atoms with Crippen molar-refractivity contribution in [2.75, 3.05) is 0 Å². The molecule has 0 bridgehead atoms. The summed E-state index contributed by atoms with van der Waals surface area (Å²) in [5.41, 5.74) is 2.44. The van der Waals surface area contributed by atoms with Crippen molar-refractivity contribution in [3.05, 3.63) is 87.7 Å². The molecule has 0 atom stereocenters. The molecule has 5 aromatic rings. The molecule has 0 aliphatic carbocycles. The van der Waals surface area contributed by atoms with E-state index >= 15 is 0 Å². The first-order chi connectivity index (χ1) is 19.2. The molecule has 12 heteroatoms. The van der Waals surface area contributed by atoms with Gasteiger partial charge < -0.3 is 23.2 Å². The summed E-state index contributed by atoms with van der Waals surface area (Å²) < 4.78 is 16.8. The van der Waals surface area contributed by atoms with Gasteiger partial charge >= 0.3 is 17.7 Å². The minimum atomic E-state index is -1.45. The Labute approximate surface area is 228 Å². The number of aromatic amines is 1. The highest BCUT2D eigenvalue weighted by Gasteiger charge is 2.33. The van der Waals surface area contributed by atoms with Crippen molar-refractivity contribution in [2.45, 2.75) is 52.7 Å². The van der Waals surface area contributed by atoms with Crippen LogP contribution in [0.3, 0.4) is 0 Å². The van der Waals surface area contributed by atoms with Gasteiger partial charge in [0.05, 0.1) is 0 Å². The zero-order valence-electron chi connectivity index (χ0n) is 22.5. The summed E-state index contributed by atoms with van der Waals surface area (Å²) >= 11 is 0. The van der Waals surface area contributed by atoms with Gasteiger partial charge in [0, 0.05) is 25.5 Å². The second-order valence-electron chi connectivity index (χ2n) is 9.80. The molecule has 3 aromatic heterocycles. The van der Waals surface area contributed by atoms with E-state index < -0.39 is 17.4 Å². The fraction of sp³-hybridized carbons (Fsp3) is 0.286. The normalized spacial score (nSPS) is 11.6. The Morgan fingerprint density at radius 2 is 1.82 bits per heavy atom. The number of nitrogens with one attached hydrogen (secondary N) is 1. The van der Waals surface area contributed by atoms with E-state index in [4.69, 9.17) is 13.6 Å². The number of carbonyl (C=O) groups is 1. The highest BCUT2D eigenvalue weighted by atomic mass is 16.7. The van der Waals surface area contributed by atoms with Crippen LogP contribution in [-0.4, -0.2) is 41.3 Å². The van der Waals surface area contributed by atoms with Gasteiger partial charge in [-0.1, -0.05) is 55.5 Å². The van der Waals surface area contributed by atoms with E-state index in [-0.39, 0.29) is 29.6 Å². The third-order valence-corrected chi connectivity index (χ3v) is 6.31. The molecule has 12 nitrogen and oxygen atoms in total. The Balaban J connectivity index is 1.52. The number of aryl methyl sites for hydroxylation is 2. The molecule has 0 fully saturated rings. The number of tetrazole rings is 1. The molecule has 2 N–H and O–H groups in total. The number of imidazole rings is 1. The molecule has 40 heavy (non-hydrogen) atoms. The van der Waals surface area contributed by atoms with Crippen molar-refractivity contribution < 1.29 is 23.5 Å². The lowest BCUT2D eigenvalue weighted by Gasteiger charge is -2.17. The van der Waals surface area contributed by atoms with Crippen LogP contribution < -0.4 is 10.6 Å².